The van der Waals surface area contributed by atoms with E-state index in [0.717, 1.165) is 30.8 Å². The molecule has 0 radical (unpaired) electrons. The molecule has 0 saturated carbocycles. The number of likely N-dealkylation sites (tertiary alicyclic amines) is 1. The second kappa shape index (κ2) is 9.06. The summed E-state index contributed by atoms with van der Waals surface area (Å²) in [4.78, 5) is 18.8. The Hall–Kier alpha value is -1.79. The fourth-order valence-corrected chi connectivity index (χ4v) is 3.19. The number of para-hydroxylation sites is 1. The Bertz CT molecular complexity index is 577. The molecule has 6 nitrogen and oxygen atoms in total. The monoisotopic (exact) mass is 349 g/mol. The van der Waals surface area contributed by atoms with Crippen molar-refractivity contribution < 1.29 is 14.3 Å². The molecule has 0 unspecified atom stereocenters. The average Bonchev–Trinajstić information content (AvgIpc) is 3.05. The highest BCUT2D eigenvalue weighted by molar-refractivity contribution is 5.78. The molecule has 1 aromatic carbocycles. The summed E-state index contributed by atoms with van der Waals surface area (Å²) in [6, 6.07) is 6.33. The average molecular weight is 349 g/mol. The van der Waals surface area contributed by atoms with Gasteiger partial charge in [-0.3, -0.25) is 9.69 Å². The number of carbonyl (C=O) groups is 1. The zero-order chi connectivity index (χ0) is 18.4. The van der Waals surface area contributed by atoms with Crippen molar-refractivity contribution in [3.8, 4) is 11.5 Å². The smallest absolute Gasteiger partial charge is 0.236 e. The number of amides is 1. The first-order valence-corrected chi connectivity index (χ1v) is 8.87. The normalized spacial score (nSPS) is 17.8. The van der Waals surface area contributed by atoms with E-state index < -0.39 is 0 Å². The van der Waals surface area contributed by atoms with Crippen molar-refractivity contribution in [1.29, 1.82) is 0 Å². The van der Waals surface area contributed by atoms with Gasteiger partial charge in [0.2, 0.25) is 5.91 Å². The van der Waals surface area contributed by atoms with Gasteiger partial charge in [-0.25, -0.2) is 0 Å². The molecule has 6 heteroatoms. The van der Waals surface area contributed by atoms with Crippen LogP contribution < -0.4 is 9.47 Å². The van der Waals surface area contributed by atoms with E-state index in [1.54, 1.807) is 12.0 Å². The fraction of sp³-hybridized carbons (Fsp3) is 0.632. The summed E-state index contributed by atoms with van der Waals surface area (Å²) in [5.41, 5.74) is 0.963. The minimum Gasteiger partial charge on any atom is -0.493 e. The third-order valence-corrected chi connectivity index (χ3v) is 4.74. The molecule has 0 aromatic heterocycles. The molecule has 2 rings (SSSR count). The molecule has 1 aromatic rings. The van der Waals surface area contributed by atoms with E-state index in [-0.39, 0.29) is 5.91 Å². The lowest BCUT2D eigenvalue weighted by Crippen LogP contribution is -2.39. The van der Waals surface area contributed by atoms with Crippen LogP contribution in [0.5, 0.6) is 11.5 Å². The van der Waals surface area contributed by atoms with Gasteiger partial charge in [0.05, 0.1) is 20.3 Å². The van der Waals surface area contributed by atoms with Gasteiger partial charge in [0, 0.05) is 38.3 Å². The molecule has 0 spiro atoms. The molecule has 1 aliphatic heterocycles. The molecule has 140 valence electrons. The molecule has 1 atom stereocenters. The van der Waals surface area contributed by atoms with Gasteiger partial charge in [-0.2, -0.15) is 0 Å². The Labute approximate surface area is 151 Å². The second-order valence-electron chi connectivity index (χ2n) is 6.77. The molecule has 0 N–H and O–H groups in total. The van der Waals surface area contributed by atoms with Crippen molar-refractivity contribution in [3.05, 3.63) is 23.8 Å². The minimum atomic E-state index is 0.129. The summed E-state index contributed by atoms with van der Waals surface area (Å²) in [5.74, 6) is 1.55. The first-order chi connectivity index (χ1) is 12.0. The van der Waals surface area contributed by atoms with E-state index in [9.17, 15) is 4.79 Å². The maximum atomic E-state index is 12.6. The predicted molar refractivity (Wildman–Crippen MR) is 99.2 cm³/mol. The Balaban J connectivity index is 1.97. The van der Waals surface area contributed by atoms with Gasteiger partial charge in [-0.05, 0) is 33.5 Å². The number of hydrogen-bond donors (Lipinski definition) is 0. The molecule has 0 aliphatic carbocycles. The van der Waals surface area contributed by atoms with Crippen molar-refractivity contribution in [3.63, 3.8) is 0 Å². The molecular formula is C19H31N3O3. The summed E-state index contributed by atoms with van der Waals surface area (Å²) < 4.78 is 11.1. The van der Waals surface area contributed by atoms with Gasteiger partial charge in [0.1, 0.15) is 0 Å². The number of nitrogens with zero attached hydrogens (tertiary/aromatic N) is 3. The number of benzene rings is 1. The van der Waals surface area contributed by atoms with E-state index >= 15 is 0 Å². The van der Waals surface area contributed by atoms with Crippen LogP contribution in [0.25, 0.3) is 0 Å². The Kier molecular flexibility index (Phi) is 7.08. The zero-order valence-electron chi connectivity index (χ0n) is 16.1. The third-order valence-electron chi connectivity index (χ3n) is 4.74. The van der Waals surface area contributed by atoms with Gasteiger partial charge >= 0.3 is 0 Å². The highest BCUT2D eigenvalue weighted by atomic mass is 16.5. The number of carbonyl (C=O) groups excluding carboxylic acids is 1. The van der Waals surface area contributed by atoms with Crippen LogP contribution in [0, 0.1) is 0 Å². The number of methoxy groups -OCH3 is 1. The molecule has 25 heavy (non-hydrogen) atoms. The number of likely N-dealkylation sites (N-methyl/N-ethyl adjacent to an activating group) is 2. The van der Waals surface area contributed by atoms with E-state index in [1.807, 2.05) is 32.2 Å². The summed E-state index contributed by atoms with van der Waals surface area (Å²) in [6.45, 7) is 5.41. The first kappa shape index (κ1) is 19.5. The van der Waals surface area contributed by atoms with Gasteiger partial charge in [0.25, 0.3) is 0 Å². The van der Waals surface area contributed by atoms with E-state index in [2.05, 4.69) is 23.9 Å². The van der Waals surface area contributed by atoms with Crippen molar-refractivity contribution in [2.24, 2.45) is 0 Å². The van der Waals surface area contributed by atoms with Crippen LogP contribution >= 0.6 is 0 Å². The Morgan fingerprint density at radius 1 is 1.32 bits per heavy atom. The lowest BCUT2D eigenvalue weighted by Gasteiger charge is -2.24. The zero-order valence-corrected chi connectivity index (χ0v) is 16.1. The fourth-order valence-electron chi connectivity index (χ4n) is 3.19. The number of rotatable bonds is 8. The molecule has 1 saturated heterocycles. The van der Waals surface area contributed by atoms with Crippen LogP contribution in [0.1, 0.15) is 18.9 Å². The van der Waals surface area contributed by atoms with E-state index in [1.165, 1.54) is 0 Å². The minimum absolute atomic E-state index is 0.129. The molecule has 1 heterocycles. The lowest BCUT2D eigenvalue weighted by atomic mass is 10.1. The van der Waals surface area contributed by atoms with Gasteiger partial charge in [-0.15, -0.1) is 0 Å². The van der Waals surface area contributed by atoms with Gasteiger partial charge in [0.15, 0.2) is 11.5 Å². The standard InChI is InChI=1S/C19H31N3O3/c1-6-25-19-15(8-7-9-17(19)24-5)12-21(4)18(23)14-22-11-10-16(13-22)20(2)3/h7-9,16H,6,10-14H2,1-5H3/t16-/m1/s1. The highest BCUT2D eigenvalue weighted by Gasteiger charge is 2.26. The third kappa shape index (κ3) is 5.09. The van der Waals surface area contributed by atoms with Crippen LogP contribution in [-0.2, 0) is 11.3 Å². The molecule has 1 aliphatic rings. The van der Waals surface area contributed by atoms with Crippen molar-refractivity contribution >= 4 is 5.91 Å². The second-order valence-corrected chi connectivity index (χ2v) is 6.77. The molecule has 1 fully saturated rings. The maximum absolute atomic E-state index is 12.6. The predicted octanol–water partition coefficient (Wildman–Crippen LogP) is 1.69. The summed E-state index contributed by atoms with van der Waals surface area (Å²) in [5, 5.41) is 0. The first-order valence-electron chi connectivity index (χ1n) is 8.87. The van der Waals surface area contributed by atoms with Crippen LogP contribution in [0.4, 0.5) is 0 Å². The number of ether oxygens (including phenoxy) is 2. The SMILES string of the molecule is CCOc1c(CN(C)C(=O)CN2CC[C@@H](N(C)C)C2)cccc1OC. The van der Waals surface area contributed by atoms with Crippen molar-refractivity contribution in [2.75, 3.05) is 54.5 Å². The Morgan fingerprint density at radius 2 is 2.08 bits per heavy atom. The molecular weight excluding hydrogens is 318 g/mol. The van der Waals surface area contributed by atoms with Gasteiger partial charge < -0.3 is 19.3 Å². The number of hydrogen-bond acceptors (Lipinski definition) is 5. The maximum Gasteiger partial charge on any atom is 0.236 e. The van der Waals surface area contributed by atoms with Crippen LogP contribution in [0.3, 0.4) is 0 Å². The molecule has 0 bridgehead atoms. The quantitative estimate of drug-likeness (QED) is 0.715. The largest absolute Gasteiger partial charge is 0.493 e. The highest BCUT2D eigenvalue weighted by Crippen LogP contribution is 2.31. The van der Waals surface area contributed by atoms with Gasteiger partial charge in [-0.1, -0.05) is 12.1 Å². The molecule has 1 amide bonds. The van der Waals surface area contributed by atoms with Crippen LogP contribution in [0.15, 0.2) is 18.2 Å². The van der Waals surface area contributed by atoms with E-state index in [4.69, 9.17) is 9.47 Å². The van der Waals surface area contributed by atoms with E-state index in [0.29, 0.717) is 31.5 Å². The van der Waals surface area contributed by atoms with Crippen LogP contribution in [0.2, 0.25) is 0 Å². The topological polar surface area (TPSA) is 45.2 Å². The van der Waals surface area contributed by atoms with Crippen molar-refractivity contribution in [2.45, 2.75) is 25.9 Å². The Morgan fingerprint density at radius 3 is 2.68 bits per heavy atom. The summed E-state index contributed by atoms with van der Waals surface area (Å²) >= 11 is 0. The lowest BCUT2D eigenvalue weighted by molar-refractivity contribution is -0.131. The van der Waals surface area contributed by atoms with Crippen molar-refractivity contribution in [1.82, 2.24) is 14.7 Å². The summed E-state index contributed by atoms with van der Waals surface area (Å²) in [6.07, 6.45) is 1.12. The summed E-state index contributed by atoms with van der Waals surface area (Å²) in [7, 11) is 7.67. The van der Waals surface area contributed by atoms with Crippen LogP contribution in [-0.4, -0.2) is 81.1 Å².